The molecular formula is C12H13F2NO. The van der Waals surface area contributed by atoms with Crippen LogP contribution in [0.2, 0.25) is 0 Å². The number of ketones is 1. The molecule has 16 heavy (non-hydrogen) atoms. The number of hydrogen-bond donors (Lipinski definition) is 1. The molecular weight excluding hydrogens is 212 g/mol. The zero-order chi connectivity index (χ0) is 11.7. The molecule has 0 saturated carbocycles. The average Bonchev–Trinajstić information content (AvgIpc) is 2.77. The highest BCUT2D eigenvalue weighted by Crippen LogP contribution is 2.22. The Hall–Kier alpha value is -1.29. The Morgan fingerprint density at radius 2 is 2.19 bits per heavy atom. The van der Waals surface area contributed by atoms with Gasteiger partial charge in [-0.3, -0.25) is 4.79 Å². The molecule has 2 nitrogen and oxygen atoms in total. The Kier molecular flexibility index (Phi) is 3.01. The zero-order valence-electron chi connectivity index (χ0n) is 9.02. The van der Waals surface area contributed by atoms with Gasteiger partial charge >= 0.3 is 0 Å². The number of halogens is 2. The van der Waals surface area contributed by atoms with Gasteiger partial charge in [-0.15, -0.1) is 0 Å². The van der Waals surface area contributed by atoms with E-state index in [-0.39, 0.29) is 11.5 Å². The molecule has 1 aromatic rings. The molecule has 4 heteroatoms. The Morgan fingerprint density at radius 1 is 1.44 bits per heavy atom. The third kappa shape index (κ3) is 1.85. The molecule has 1 aliphatic heterocycles. The Bertz CT molecular complexity index is 425. The van der Waals surface area contributed by atoms with Crippen molar-refractivity contribution in [2.75, 3.05) is 13.1 Å². The van der Waals surface area contributed by atoms with Gasteiger partial charge in [0.05, 0.1) is 5.56 Å². The lowest BCUT2D eigenvalue weighted by Crippen LogP contribution is -2.20. The van der Waals surface area contributed by atoms with Crippen molar-refractivity contribution in [2.24, 2.45) is 5.92 Å². The van der Waals surface area contributed by atoms with Crippen LogP contribution in [-0.2, 0) is 0 Å². The van der Waals surface area contributed by atoms with Crippen LogP contribution < -0.4 is 5.32 Å². The maximum atomic E-state index is 13.7. The van der Waals surface area contributed by atoms with Gasteiger partial charge in [0, 0.05) is 12.5 Å². The zero-order valence-corrected chi connectivity index (χ0v) is 9.02. The number of benzene rings is 1. The Balaban J connectivity index is 2.39. The van der Waals surface area contributed by atoms with E-state index >= 15 is 0 Å². The molecule has 86 valence electrons. The summed E-state index contributed by atoms with van der Waals surface area (Å²) in [6.45, 7) is 2.76. The number of Topliss-reactive ketones (excluding diaryl/α,β-unsaturated/α-hetero) is 1. The molecule has 1 atom stereocenters. The van der Waals surface area contributed by atoms with Crippen LogP contribution in [0.5, 0.6) is 0 Å². The summed E-state index contributed by atoms with van der Waals surface area (Å²) in [7, 11) is 0. The van der Waals surface area contributed by atoms with Crippen molar-refractivity contribution in [1.29, 1.82) is 0 Å². The lowest BCUT2D eigenvalue weighted by atomic mass is 9.95. The highest BCUT2D eigenvalue weighted by molar-refractivity contribution is 5.98. The van der Waals surface area contributed by atoms with Crippen molar-refractivity contribution in [3.8, 4) is 0 Å². The minimum Gasteiger partial charge on any atom is -0.316 e. The Morgan fingerprint density at radius 3 is 2.81 bits per heavy atom. The third-order valence-electron chi connectivity index (χ3n) is 2.96. The van der Waals surface area contributed by atoms with Gasteiger partial charge in [-0.2, -0.15) is 0 Å². The first-order valence-corrected chi connectivity index (χ1v) is 5.31. The second kappa shape index (κ2) is 4.29. The second-order valence-electron chi connectivity index (χ2n) is 4.11. The largest absolute Gasteiger partial charge is 0.316 e. The summed E-state index contributed by atoms with van der Waals surface area (Å²) in [6.07, 6.45) is 0.644. The molecule has 1 aromatic carbocycles. The van der Waals surface area contributed by atoms with Crippen LogP contribution in [0.15, 0.2) is 12.1 Å². The first-order chi connectivity index (χ1) is 7.61. The van der Waals surface area contributed by atoms with E-state index in [1.54, 1.807) is 0 Å². The van der Waals surface area contributed by atoms with Gasteiger partial charge in [0.15, 0.2) is 5.78 Å². The van der Waals surface area contributed by atoms with Crippen molar-refractivity contribution in [2.45, 2.75) is 13.3 Å². The van der Waals surface area contributed by atoms with Crippen LogP contribution in [0, 0.1) is 24.5 Å². The van der Waals surface area contributed by atoms with E-state index in [0.717, 1.165) is 12.6 Å². The van der Waals surface area contributed by atoms with E-state index in [1.807, 2.05) is 0 Å². The van der Waals surface area contributed by atoms with Crippen LogP contribution in [-0.4, -0.2) is 18.9 Å². The van der Waals surface area contributed by atoms with Crippen molar-refractivity contribution >= 4 is 5.78 Å². The highest BCUT2D eigenvalue weighted by atomic mass is 19.1. The van der Waals surface area contributed by atoms with Crippen LogP contribution in [0.25, 0.3) is 0 Å². The minimum absolute atomic E-state index is 0.300. The normalized spacial score (nSPS) is 20.1. The summed E-state index contributed by atoms with van der Waals surface area (Å²) >= 11 is 0. The topological polar surface area (TPSA) is 29.1 Å². The van der Waals surface area contributed by atoms with Gasteiger partial charge in [-0.1, -0.05) is 6.07 Å². The molecule has 1 aliphatic rings. The predicted octanol–water partition coefficient (Wildman–Crippen LogP) is 2.07. The van der Waals surface area contributed by atoms with Crippen molar-refractivity contribution in [3.63, 3.8) is 0 Å². The highest BCUT2D eigenvalue weighted by Gasteiger charge is 2.28. The lowest BCUT2D eigenvalue weighted by molar-refractivity contribution is 0.0921. The number of carbonyl (C=O) groups excluding carboxylic acids is 1. The maximum Gasteiger partial charge on any atom is 0.173 e. The number of aryl methyl sites for hydroxylation is 1. The van der Waals surface area contributed by atoms with E-state index in [2.05, 4.69) is 5.32 Å². The number of nitrogens with one attached hydrogen (secondary N) is 1. The predicted molar refractivity (Wildman–Crippen MR) is 56.4 cm³/mol. The fourth-order valence-corrected chi connectivity index (χ4v) is 1.97. The molecule has 1 fully saturated rings. The molecule has 1 unspecified atom stereocenters. The van der Waals surface area contributed by atoms with Crippen molar-refractivity contribution < 1.29 is 13.6 Å². The number of hydrogen-bond acceptors (Lipinski definition) is 2. The summed E-state index contributed by atoms with van der Waals surface area (Å²) in [5, 5.41) is 3.01. The molecule has 1 heterocycles. The fourth-order valence-electron chi connectivity index (χ4n) is 1.97. The quantitative estimate of drug-likeness (QED) is 0.781. The van der Waals surface area contributed by atoms with Gasteiger partial charge in [0.1, 0.15) is 11.6 Å². The van der Waals surface area contributed by atoms with Gasteiger partial charge < -0.3 is 5.32 Å². The molecule has 0 aromatic heterocycles. The molecule has 0 spiro atoms. The summed E-state index contributed by atoms with van der Waals surface area (Å²) in [6, 6.07) is 2.49. The van der Waals surface area contributed by atoms with Gasteiger partial charge in [0.2, 0.25) is 0 Å². The lowest BCUT2D eigenvalue weighted by Gasteiger charge is -2.10. The van der Waals surface area contributed by atoms with E-state index < -0.39 is 17.4 Å². The van der Waals surface area contributed by atoms with Crippen LogP contribution in [0.3, 0.4) is 0 Å². The van der Waals surface area contributed by atoms with Gasteiger partial charge in [-0.05, 0) is 31.5 Å². The monoisotopic (exact) mass is 225 g/mol. The van der Waals surface area contributed by atoms with E-state index in [1.165, 1.54) is 13.0 Å². The summed E-state index contributed by atoms with van der Waals surface area (Å²) in [4.78, 5) is 11.9. The summed E-state index contributed by atoms with van der Waals surface area (Å²) < 4.78 is 27.1. The van der Waals surface area contributed by atoms with Gasteiger partial charge in [-0.25, -0.2) is 8.78 Å². The standard InChI is InChI=1S/C12H13F2NO/c1-7-2-3-9(13)10(11(7)14)12(16)8-4-5-15-6-8/h2-3,8,15H,4-6H2,1H3. The van der Waals surface area contributed by atoms with Crippen LogP contribution in [0.1, 0.15) is 22.3 Å². The van der Waals surface area contributed by atoms with Crippen LogP contribution >= 0.6 is 0 Å². The smallest absolute Gasteiger partial charge is 0.173 e. The van der Waals surface area contributed by atoms with E-state index in [9.17, 15) is 13.6 Å². The molecule has 0 aliphatic carbocycles. The molecule has 2 rings (SSSR count). The third-order valence-corrected chi connectivity index (χ3v) is 2.96. The van der Waals surface area contributed by atoms with Crippen LogP contribution in [0.4, 0.5) is 8.78 Å². The van der Waals surface area contributed by atoms with Gasteiger partial charge in [0.25, 0.3) is 0 Å². The van der Waals surface area contributed by atoms with E-state index in [4.69, 9.17) is 0 Å². The summed E-state index contributed by atoms with van der Waals surface area (Å²) in [5.74, 6) is -2.22. The SMILES string of the molecule is Cc1ccc(F)c(C(=O)C2CCNC2)c1F. The molecule has 0 amide bonds. The van der Waals surface area contributed by atoms with E-state index in [0.29, 0.717) is 18.5 Å². The first-order valence-electron chi connectivity index (χ1n) is 5.31. The second-order valence-corrected chi connectivity index (χ2v) is 4.11. The van der Waals surface area contributed by atoms with Crippen molar-refractivity contribution in [3.05, 3.63) is 34.9 Å². The molecule has 1 N–H and O–H groups in total. The molecule has 1 saturated heterocycles. The fraction of sp³-hybridized carbons (Fsp3) is 0.417. The minimum atomic E-state index is -0.764. The molecule has 0 bridgehead atoms. The average molecular weight is 225 g/mol. The number of rotatable bonds is 2. The first kappa shape index (κ1) is 11.2. The van der Waals surface area contributed by atoms with Crippen molar-refractivity contribution in [1.82, 2.24) is 5.32 Å². The summed E-state index contributed by atoms with van der Waals surface area (Å²) in [5.41, 5.74) is -0.0793. The maximum absolute atomic E-state index is 13.7. The molecule has 0 radical (unpaired) electrons. The number of carbonyl (C=O) groups is 1. The Labute approximate surface area is 92.7 Å².